The number of esters is 1. The minimum atomic E-state index is -0.627. The van der Waals surface area contributed by atoms with E-state index in [0.29, 0.717) is 13.0 Å². The maximum absolute atomic E-state index is 11.9. The summed E-state index contributed by atoms with van der Waals surface area (Å²) < 4.78 is 5.15. The number of hydrogen-bond donors (Lipinski definition) is 2. The molecule has 106 valence electrons. The van der Waals surface area contributed by atoms with Crippen molar-refractivity contribution in [1.29, 1.82) is 0 Å². The van der Waals surface area contributed by atoms with Gasteiger partial charge in [-0.15, -0.1) is 0 Å². The first-order valence-corrected chi connectivity index (χ1v) is 6.46. The average molecular weight is 258 g/mol. The van der Waals surface area contributed by atoms with Crippen LogP contribution in [-0.4, -0.2) is 30.6 Å². The van der Waals surface area contributed by atoms with E-state index in [1.807, 2.05) is 27.7 Å². The third kappa shape index (κ3) is 7.27. The summed E-state index contributed by atoms with van der Waals surface area (Å²) in [6.45, 7) is 9.85. The third-order valence-corrected chi connectivity index (χ3v) is 2.28. The lowest BCUT2D eigenvalue weighted by molar-refractivity contribution is -0.149. The highest BCUT2D eigenvalue weighted by Gasteiger charge is 2.24. The van der Waals surface area contributed by atoms with Crippen molar-refractivity contribution in [1.82, 2.24) is 5.32 Å². The Morgan fingerprint density at radius 3 is 2.06 bits per heavy atom. The number of hydrogen-bond acceptors (Lipinski definition) is 4. The van der Waals surface area contributed by atoms with Crippen LogP contribution >= 0.6 is 0 Å². The van der Waals surface area contributed by atoms with Crippen molar-refractivity contribution in [2.45, 2.75) is 53.1 Å². The number of nitrogens with one attached hydrogen (secondary N) is 1. The molecule has 0 fully saturated rings. The molecule has 3 N–H and O–H groups in total. The van der Waals surface area contributed by atoms with E-state index in [-0.39, 0.29) is 23.7 Å². The Morgan fingerprint density at radius 1 is 1.11 bits per heavy atom. The predicted octanol–water partition coefficient (Wildman–Crippen LogP) is 1.06. The van der Waals surface area contributed by atoms with Crippen molar-refractivity contribution >= 4 is 11.9 Å². The van der Waals surface area contributed by atoms with Gasteiger partial charge in [-0.2, -0.15) is 0 Å². The highest BCUT2D eigenvalue weighted by molar-refractivity contribution is 5.87. The zero-order chi connectivity index (χ0) is 14.3. The van der Waals surface area contributed by atoms with Crippen molar-refractivity contribution in [3.05, 3.63) is 0 Å². The first-order chi connectivity index (χ1) is 8.23. The van der Waals surface area contributed by atoms with E-state index in [1.165, 1.54) is 0 Å². The quantitative estimate of drug-likeness (QED) is 0.669. The molecule has 1 amide bonds. The fourth-order valence-electron chi connectivity index (χ4n) is 1.34. The molecule has 0 unspecified atom stereocenters. The minimum Gasteiger partial charge on any atom is -0.464 e. The molecule has 0 aromatic heterocycles. The highest BCUT2D eigenvalue weighted by Crippen LogP contribution is 2.07. The molecule has 18 heavy (non-hydrogen) atoms. The first-order valence-electron chi connectivity index (χ1n) is 6.46. The second kappa shape index (κ2) is 8.08. The Hall–Kier alpha value is -1.10. The Morgan fingerprint density at radius 2 is 1.67 bits per heavy atom. The van der Waals surface area contributed by atoms with Crippen LogP contribution in [0.4, 0.5) is 0 Å². The Kier molecular flexibility index (Phi) is 7.59. The van der Waals surface area contributed by atoms with Crippen LogP contribution < -0.4 is 11.1 Å². The van der Waals surface area contributed by atoms with Gasteiger partial charge < -0.3 is 15.8 Å². The van der Waals surface area contributed by atoms with Gasteiger partial charge in [0, 0.05) is 0 Å². The molecule has 2 atom stereocenters. The zero-order valence-corrected chi connectivity index (χ0v) is 12.0. The minimum absolute atomic E-state index is 0.276. The van der Waals surface area contributed by atoms with Gasteiger partial charge >= 0.3 is 5.97 Å². The van der Waals surface area contributed by atoms with E-state index < -0.39 is 12.1 Å². The molecule has 5 nitrogen and oxygen atoms in total. The smallest absolute Gasteiger partial charge is 0.328 e. The second-order valence-corrected chi connectivity index (χ2v) is 5.50. The van der Waals surface area contributed by atoms with Crippen molar-refractivity contribution < 1.29 is 14.3 Å². The fraction of sp³-hybridized carbons (Fsp3) is 0.846. The fourth-order valence-corrected chi connectivity index (χ4v) is 1.34. The Bertz CT molecular complexity index is 275. The van der Waals surface area contributed by atoms with Gasteiger partial charge in [0.1, 0.15) is 6.04 Å². The molecule has 0 bridgehead atoms. The first kappa shape index (κ1) is 16.9. The third-order valence-electron chi connectivity index (χ3n) is 2.28. The molecule has 0 radical (unpaired) electrons. The average Bonchev–Trinajstić information content (AvgIpc) is 2.23. The number of nitrogens with two attached hydrogens (primary N) is 1. The zero-order valence-electron chi connectivity index (χ0n) is 12.0. The molecule has 0 rings (SSSR count). The van der Waals surface area contributed by atoms with E-state index in [1.54, 1.807) is 6.92 Å². The van der Waals surface area contributed by atoms with Crippen molar-refractivity contribution in [2.24, 2.45) is 17.6 Å². The van der Waals surface area contributed by atoms with Gasteiger partial charge in [0.25, 0.3) is 0 Å². The summed E-state index contributed by atoms with van der Waals surface area (Å²) >= 11 is 0. The van der Waals surface area contributed by atoms with Crippen LogP contribution in [0.3, 0.4) is 0 Å². The topological polar surface area (TPSA) is 81.4 Å². The molecular weight excluding hydrogens is 232 g/mol. The SMILES string of the molecule is CC(C)COC(=O)[C@H](CC(C)C)NC(=O)[C@@H](C)N. The summed E-state index contributed by atoms with van der Waals surface area (Å²) in [7, 11) is 0. The molecule has 5 heteroatoms. The standard InChI is InChI=1S/C13H26N2O3/c1-8(2)6-11(15-12(16)10(5)14)13(17)18-7-9(3)4/h8-11H,6-7,14H2,1-5H3,(H,15,16)/t10-,11+/m1/s1. The van der Waals surface area contributed by atoms with Gasteiger partial charge in [0.05, 0.1) is 12.6 Å². The van der Waals surface area contributed by atoms with Gasteiger partial charge in [-0.25, -0.2) is 4.79 Å². The van der Waals surface area contributed by atoms with Gasteiger partial charge in [0.15, 0.2) is 0 Å². The van der Waals surface area contributed by atoms with Gasteiger partial charge in [0.2, 0.25) is 5.91 Å². The molecule has 0 spiro atoms. The van der Waals surface area contributed by atoms with Crippen molar-refractivity contribution in [2.75, 3.05) is 6.61 Å². The number of carbonyl (C=O) groups is 2. The highest BCUT2D eigenvalue weighted by atomic mass is 16.5. The van der Waals surface area contributed by atoms with Crippen LogP contribution in [0.1, 0.15) is 41.0 Å². The molecule has 0 saturated carbocycles. The maximum atomic E-state index is 11.9. The van der Waals surface area contributed by atoms with E-state index in [0.717, 1.165) is 0 Å². The molecule has 0 aromatic rings. The van der Waals surface area contributed by atoms with E-state index in [2.05, 4.69) is 5.32 Å². The molecule has 0 heterocycles. The summed E-state index contributed by atoms with van der Waals surface area (Å²) in [6, 6.07) is -1.24. The number of carbonyl (C=O) groups excluding carboxylic acids is 2. The van der Waals surface area contributed by atoms with Crippen LogP contribution in [0.25, 0.3) is 0 Å². The van der Waals surface area contributed by atoms with Crippen LogP contribution in [0.2, 0.25) is 0 Å². The molecule has 0 aliphatic carbocycles. The lowest BCUT2D eigenvalue weighted by atomic mass is 10.0. The molecular formula is C13H26N2O3. The summed E-state index contributed by atoms with van der Waals surface area (Å²) in [5.74, 6) is -0.152. The van der Waals surface area contributed by atoms with Crippen LogP contribution in [0.15, 0.2) is 0 Å². The van der Waals surface area contributed by atoms with E-state index in [4.69, 9.17) is 10.5 Å². The molecule has 0 aromatic carbocycles. The van der Waals surface area contributed by atoms with E-state index >= 15 is 0 Å². The predicted molar refractivity (Wildman–Crippen MR) is 70.8 cm³/mol. The van der Waals surface area contributed by atoms with Crippen LogP contribution in [-0.2, 0) is 14.3 Å². The van der Waals surface area contributed by atoms with Crippen molar-refractivity contribution in [3.63, 3.8) is 0 Å². The van der Waals surface area contributed by atoms with Crippen molar-refractivity contribution in [3.8, 4) is 0 Å². The summed E-state index contributed by atoms with van der Waals surface area (Å²) in [5.41, 5.74) is 5.47. The Balaban J connectivity index is 4.47. The number of ether oxygens (including phenoxy) is 1. The maximum Gasteiger partial charge on any atom is 0.328 e. The van der Waals surface area contributed by atoms with Gasteiger partial charge in [-0.05, 0) is 25.2 Å². The van der Waals surface area contributed by atoms with Gasteiger partial charge in [-0.1, -0.05) is 27.7 Å². The summed E-state index contributed by atoms with van der Waals surface area (Å²) in [5, 5.41) is 2.63. The lowest BCUT2D eigenvalue weighted by Gasteiger charge is -2.20. The lowest BCUT2D eigenvalue weighted by Crippen LogP contribution is -2.48. The monoisotopic (exact) mass is 258 g/mol. The number of amides is 1. The van der Waals surface area contributed by atoms with Gasteiger partial charge in [-0.3, -0.25) is 4.79 Å². The summed E-state index contributed by atoms with van der Waals surface area (Å²) in [4.78, 5) is 23.4. The molecule has 0 saturated heterocycles. The normalized spacial score (nSPS) is 14.4. The van der Waals surface area contributed by atoms with E-state index in [9.17, 15) is 9.59 Å². The summed E-state index contributed by atoms with van der Waals surface area (Å²) in [6.07, 6.45) is 0.551. The Labute approximate surface area is 109 Å². The second-order valence-electron chi connectivity index (χ2n) is 5.50. The molecule has 0 aliphatic rings. The number of rotatable bonds is 7. The van der Waals surface area contributed by atoms with Crippen LogP contribution in [0, 0.1) is 11.8 Å². The molecule has 0 aliphatic heterocycles. The largest absolute Gasteiger partial charge is 0.464 e. The van der Waals surface area contributed by atoms with Crippen LogP contribution in [0.5, 0.6) is 0 Å².